The normalized spacial score (nSPS) is 11.8. The number of amides is 1. The van der Waals surface area contributed by atoms with Crippen LogP contribution in [0.25, 0.3) is 30.3 Å². The summed E-state index contributed by atoms with van der Waals surface area (Å²) in [6.07, 6.45) is 3.97. The van der Waals surface area contributed by atoms with Crippen LogP contribution < -0.4 is 0 Å². The highest BCUT2D eigenvalue weighted by Crippen LogP contribution is 2.39. The zero-order valence-corrected chi connectivity index (χ0v) is 19.3. The van der Waals surface area contributed by atoms with Gasteiger partial charge >= 0.3 is 0 Å². The lowest BCUT2D eigenvalue weighted by Crippen LogP contribution is -2.02. The third-order valence-corrected chi connectivity index (χ3v) is 8.70. The van der Waals surface area contributed by atoms with Gasteiger partial charge in [-0.15, -0.1) is 45.3 Å². The van der Waals surface area contributed by atoms with Crippen molar-refractivity contribution >= 4 is 57.5 Å². The highest BCUT2D eigenvalue weighted by Gasteiger charge is 2.24. The predicted molar refractivity (Wildman–Crippen MR) is 129 cm³/mol. The molecular formula is C21H14N4O2S4. The molecule has 1 amide bonds. The molecule has 10 heteroatoms. The standard InChI is InChI=1S/C21H14N4O2S4/c1-11-16(18(24-10-26)15-9-23-21(31-15)13-5-3-7-29-13)19(27)25-17(11)14-8-22-20(30-14)12-4-2-6-28-12/h2-10,25,27H,1H3. The number of thiophene rings is 2. The zero-order chi connectivity index (χ0) is 21.4. The second-order valence-corrected chi connectivity index (χ2v) is 10.4. The fourth-order valence-electron chi connectivity index (χ4n) is 3.22. The van der Waals surface area contributed by atoms with Gasteiger partial charge in [-0.3, -0.25) is 4.79 Å². The lowest BCUT2D eigenvalue weighted by atomic mass is 10.1. The van der Waals surface area contributed by atoms with Gasteiger partial charge in [0.2, 0.25) is 6.41 Å². The summed E-state index contributed by atoms with van der Waals surface area (Å²) in [7, 11) is 0. The molecule has 6 nitrogen and oxygen atoms in total. The SMILES string of the molecule is Cc1c(-c2cnc(-c3cccs3)s2)[nH]c(O)c1C(=NC=O)c1cnc(-c2cccs2)s1. The van der Waals surface area contributed by atoms with Gasteiger partial charge in [0.05, 0.1) is 36.5 Å². The molecule has 0 bridgehead atoms. The van der Waals surface area contributed by atoms with Gasteiger partial charge in [-0.25, -0.2) is 15.0 Å². The Bertz CT molecular complexity index is 1370. The van der Waals surface area contributed by atoms with Crippen LogP contribution in [0.1, 0.15) is 16.0 Å². The van der Waals surface area contributed by atoms with E-state index in [0.717, 1.165) is 35.9 Å². The van der Waals surface area contributed by atoms with E-state index in [4.69, 9.17) is 0 Å². The molecule has 154 valence electrons. The van der Waals surface area contributed by atoms with Gasteiger partial charge in [-0.05, 0) is 35.4 Å². The maximum Gasteiger partial charge on any atom is 0.233 e. The first-order valence-electron chi connectivity index (χ1n) is 9.09. The minimum atomic E-state index is -0.0368. The van der Waals surface area contributed by atoms with E-state index in [1.165, 1.54) is 11.3 Å². The van der Waals surface area contributed by atoms with Crippen LogP contribution in [0.2, 0.25) is 0 Å². The summed E-state index contributed by atoms with van der Waals surface area (Å²) in [5, 5.41) is 16.5. The van der Waals surface area contributed by atoms with Crippen LogP contribution in [0, 0.1) is 6.92 Å². The van der Waals surface area contributed by atoms with E-state index in [1.807, 2.05) is 41.9 Å². The number of rotatable bonds is 6. The van der Waals surface area contributed by atoms with E-state index in [0.29, 0.717) is 22.6 Å². The Morgan fingerprint density at radius 1 is 1.03 bits per heavy atom. The molecule has 0 fully saturated rings. The molecule has 0 atom stereocenters. The van der Waals surface area contributed by atoms with Crippen molar-refractivity contribution in [3.8, 4) is 36.2 Å². The summed E-state index contributed by atoms with van der Waals surface area (Å²) < 4.78 is 0. The highest BCUT2D eigenvalue weighted by molar-refractivity contribution is 7.23. The molecule has 0 spiro atoms. The summed E-state index contributed by atoms with van der Waals surface area (Å²) >= 11 is 6.21. The number of hydrogen-bond acceptors (Lipinski definition) is 8. The van der Waals surface area contributed by atoms with Crippen molar-refractivity contribution in [3.05, 3.63) is 63.4 Å². The van der Waals surface area contributed by atoms with Crippen molar-refractivity contribution in [1.82, 2.24) is 15.0 Å². The van der Waals surface area contributed by atoms with Gasteiger partial charge in [0.15, 0.2) is 5.88 Å². The topological polar surface area (TPSA) is 91.2 Å². The van der Waals surface area contributed by atoms with E-state index in [9.17, 15) is 9.90 Å². The van der Waals surface area contributed by atoms with Crippen LogP contribution in [0.15, 0.2) is 52.4 Å². The summed E-state index contributed by atoms with van der Waals surface area (Å²) in [5.74, 6) is -0.0368. The number of thiazole rings is 2. The van der Waals surface area contributed by atoms with Crippen LogP contribution in [0.5, 0.6) is 5.88 Å². The Labute approximate surface area is 193 Å². The van der Waals surface area contributed by atoms with E-state index >= 15 is 0 Å². The molecule has 0 saturated carbocycles. The molecule has 0 saturated heterocycles. The fourth-order valence-corrected chi connectivity index (χ4v) is 6.72. The second kappa shape index (κ2) is 8.31. The van der Waals surface area contributed by atoms with Crippen molar-refractivity contribution in [2.45, 2.75) is 6.92 Å². The monoisotopic (exact) mass is 482 g/mol. The number of aliphatic imine (C=N–C) groups is 1. The average molecular weight is 483 g/mol. The second-order valence-electron chi connectivity index (χ2n) is 6.45. The lowest BCUT2D eigenvalue weighted by molar-refractivity contribution is -0.106. The molecular weight excluding hydrogens is 469 g/mol. The number of aromatic amines is 1. The summed E-state index contributed by atoms with van der Waals surface area (Å²) in [6.45, 7) is 1.90. The maximum absolute atomic E-state index is 11.3. The Balaban J connectivity index is 1.56. The Morgan fingerprint density at radius 2 is 1.71 bits per heavy atom. The van der Waals surface area contributed by atoms with E-state index in [-0.39, 0.29) is 5.88 Å². The van der Waals surface area contributed by atoms with Crippen LogP contribution in [-0.2, 0) is 4.79 Å². The molecule has 2 N–H and O–H groups in total. The Kier molecular flexibility index (Phi) is 5.36. The quantitative estimate of drug-likeness (QED) is 0.227. The van der Waals surface area contributed by atoms with Crippen LogP contribution >= 0.6 is 45.3 Å². The Morgan fingerprint density at radius 3 is 2.35 bits per heavy atom. The fraction of sp³-hybridized carbons (Fsp3) is 0.0476. The van der Waals surface area contributed by atoms with E-state index in [1.54, 1.807) is 46.4 Å². The summed E-state index contributed by atoms with van der Waals surface area (Å²) in [5.41, 5.74) is 2.45. The van der Waals surface area contributed by atoms with Crippen LogP contribution in [-0.4, -0.2) is 32.2 Å². The van der Waals surface area contributed by atoms with E-state index < -0.39 is 0 Å². The van der Waals surface area contributed by atoms with Crippen molar-refractivity contribution in [2.24, 2.45) is 4.99 Å². The highest BCUT2D eigenvalue weighted by atomic mass is 32.1. The van der Waals surface area contributed by atoms with Crippen LogP contribution in [0.3, 0.4) is 0 Å². The molecule has 0 radical (unpaired) electrons. The van der Waals surface area contributed by atoms with Gasteiger partial charge in [-0.1, -0.05) is 12.1 Å². The number of aromatic hydroxyl groups is 1. The first-order chi connectivity index (χ1) is 15.2. The molecule has 31 heavy (non-hydrogen) atoms. The molecule has 0 aromatic carbocycles. The van der Waals surface area contributed by atoms with Gasteiger partial charge < -0.3 is 10.1 Å². The predicted octanol–water partition coefficient (Wildman–Crippen LogP) is 6.06. The van der Waals surface area contributed by atoms with Crippen molar-refractivity contribution < 1.29 is 9.90 Å². The molecule has 0 unspecified atom stereocenters. The number of nitrogens with one attached hydrogen (secondary N) is 1. The molecule has 0 aliphatic heterocycles. The molecule has 5 heterocycles. The minimum Gasteiger partial charge on any atom is -0.494 e. The zero-order valence-electron chi connectivity index (χ0n) is 16.0. The van der Waals surface area contributed by atoms with Crippen molar-refractivity contribution in [3.63, 3.8) is 0 Å². The minimum absolute atomic E-state index is 0.0368. The smallest absolute Gasteiger partial charge is 0.233 e. The third-order valence-electron chi connectivity index (χ3n) is 4.60. The molecule has 5 rings (SSSR count). The average Bonchev–Trinajstić information content (AvgIpc) is 3.58. The lowest BCUT2D eigenvalue weighted by Gasteiger charge is -2.03. The molecule has 0 aliphatic rings. The number of carbonyl (C=O) groups is 1. The third kappa shape index (κ3) is 3.68. The first kappa shape index (κ1) is 20.0. The van der Waals surface area contributed by atoms with E-state index in [2.05, 4.69) is 19.9 Å². The first-order valence-corrected chi connectivity index (χ1v) is 12.5. The summed E-state index contributed by atoms with van der Waals surface area (Å²) in [4.78, 5) is 31.2. The van der Waals surface area contributed by atoms with Crippen LogP contribution in [0.4, 0.5) is 0 Å². The molecule has 0 aliphatic carbocycles. The van der Waals surface area contributed by atoms with Gasteiger partial charge in [0.1, 0.15) is 10.0 Å². The van der Waals surface area contributed by atoms with Gasteiger partial charge in [0.25, 0.3) is 0 Å². The van der Waals surface area contributed by atoms with Gasteiger partial charge in [0, 0.05) is 12.4 Å². The number of hydrogen-bond donors (Lipinski definition) is 2. The largest absolute Gasteiger partial charge is 0.494 e. The number of nitrogens with zero attached hydrogens (tertiary/aromatic N) is 3. The number of carbonyl (C=O) groups excluding carboxylic acids is 1. The molecule has 5 aromatic rings. The van der Waals surface area contributed by atoms with Crippen molar-refractivity contribution in [2.75, 3.05) is 0 Å². The number of H-pyrrole nitrogens is 1. The molecule has 5 aromatic heterocycles. The summed E-state index contributed by atoms with van der Waals surface area (Å²) in [6, 6.07) is 7.99. The maximum atomic E-state index is 11.3. The van der Waals surface area contributed by atoms with Gasteiger partial charge in [-0.2, -0.15) is 0 Å². The number of aromatic nitrogens is 3. The Hall–Kier alpha value is -2.92. The van der Waals surface area contributed by atoms with Crippen molar-refractivity contribution in [1.29, 1.82) is 0 Å².